The number of rotatable bonds is 3. The van der Waals surface area contributed by atoms with Crippen LogP contribution in [0, 0.1) is 18.3 Å². The average Bonchev–Trinajstić information content (AvgIpc) is 3.28. The van der Waals surface area contributed by atoms with Crippen LogP contribution in [0.3, 0.4) is 0 Å². The summed E-state index contributed by atoms with van der Waals surface area (Å²) in [5, 5.41) is 17.0. The molecule has 0 unspecified atom stereocenters. The largest absolute Gasteiger partial charge is 0.303 e. The standard InChI is InChI=1S/C18H12N6OS/c1-11-9-21-18(26-11)17(25)22-16-10-20-15-7-6-14(23-24(15)16)13-5-3-2-4-12(13)8-19/h2-7,9-10H,1H3,(H,22,25). The summed E-state index contributed by atoms with van der Waals surface area (Å²) < 4.78 is 1.54. The highest BCUT2D eigenvalue weighted by Crippen LogP contribution is 2.23. The molecule has 0 aliphatic heterocycles. The first-order chi connectivity index (χ1) is 12.7. The molecule has 0 aliphatic rings. The molecule has 0 radical (unpaired) electrons. The fourth-order valence-corrected chi connectivity index (χ4v) is 3.20. The Morgan fingerprint density at radius 1 is 1.19 bits per heavy atom. The van der Waals surface area contributed by atoms with Gasteiger partial charge in [-0.2, -0.15) is 14.9 Å². The second kappa shape index (κ2) is 6.38. The van der Waals surface area contributed by atoms with Gasteiger partial charge in [-0.1, -0.05) is 18.2 Å². The van der Waals surface area contributed by atoms with Gasteiger partial charge in [0.1, 0.15) is 0 Å². The highest BCUT2D eigenvalue weighted by molar-refractivity contribution is 7.13. The van der Waals surface area contributed by atoms with Crippen molar-refractivity contribution in [2.24, 2.45) is 0 Å². The van der Waals surface area contributed by atoms with Gasteiger partial charge in [-0.05, 0) is 25.1 Å². The monoisotopic (exact) mass is 360 g/mol. The van der Waals surface area contributed by atoms with Crippen molar-refractivity contribution in [3.05, 3.63) is 64.2 Å². The van der Waals surface area contributed by atoms with Gasteiger partial charge in [0.25, 0.3) is 5.91 Å². The van der Waals surface area contributed by atoms with Crippen LogP contribution in [0.2, 0.25) is 0 Å². The lowest BCUT2D eigenvalue weighted by Gasteiger charge is -2.06. The zero-order valence-corrected chi connectivity index (χ0v) is 14.5. The number of imidazole rings is 1. The lowest BCUT2D eigenvalue weighted by molar-refractivity contribution is 0.102. The number of hydrogen-bond acceptors (Lipinski definition) is 6. The van der Waals surface area contributed by atoms with Crippen LogP contribution in [0.1, 0.15) is 20.2 Å². The number of fused-ring (bicyclic) bond motifs is 1. The van der Waals surface area contributed by atoms with Crippen molar-refractivity contribution in [1.82, 2.24) is 19.6 Å². The van der Waals surface area contributed by atoms with Gasteiger partial charge in [-0.3, -0.25) is 4.79 Å². The summed E-state index contributed by atoms with van der Waals surface area (Å²) in [5.74, 6) is 0.128. The van der Waals surface area contributed by atoms with Gasteiger partial charge >= 0.3 is 0 Å². The van der Waals surface area contributed by atoms with Crippen molar-refractivity contribution in [2.45, 2.75) is 6.92 Å². The number of aromatic nitrogens is 4. The summed E-state index contributed by atoms with van der Waals surface area (Å²) in [7, 11) is 0. The van der Waals surface area contributed by atoms with Crippen LogP contribution in [0.4, 0.5) is 5.82 Å². The maximum atomic E-state index is 12.3. The molecule has 0 saturated heterocycles. The molecule has 4 rings (SSSR count). The summed E-state index contributed by atoms with van der Waals surface area (Å²) in [6.07, 6.45) is 3.20. The number of nitrogens with one attached hydrogen (secondary N) is 1. The van der Waals surface area contributed by atoms with E-state index in [0.717, 1.165) is 10.4 Å². The highest BCUT2D eigenvalue weighted by atomic mass is 32.1. The SMILES string of the molecule is Cc1cnc(C(=O)Nc2cnc3ccc(-c4ccccc4C#N)nn23)s1. The minimum absolute atomic E-state index is 0.311. The number of anilines is 1. The predicted octanol–water partition coefficient (Wildman–Crippen LogP) is 3.29. The van der Waals surface area contributed by atoms with E-state index in [2.05, 4.69) is 26.5 Å². The van der Waals surface area contributed by atoms with Crippen LogP contribution in [-0.2, 0) is 0 Å². The fraction of sp³-hybridized carbons (Fsp3) is 0.0556. The number of hydrogen-bond donors (Lipinski definition) is 1. The summed E-state index contributed by atoms with van der Waals surface area (Å²) in [6.45, 7) is 1.89. The molecule has 3 heterocycles. The highest BCUT2D eigenvalue weighted by Gasteiger charge is 2.14. The number of thiazole rings is 1. The molecule has 1 aromatic carbocycles. The van der Waals surface area contributed by atoms with Crippen molar-refractivity contribution in [3.8, 4) is 17.3 Å². The van der Waals surface area contributed by atoms with Crippen LogP contribution >= 0.6 is 11.3 Å². The molecule has 0 saturated carbocycles. The molecule has 0 bridgehead atoms. The molecule has 1 amide bonds. The molecule has 7 nitrogen and oxygen atoms in total. The lowest BCUT2D eigenvalue weighted by atomic mass is 10.1. The first kappa shape index (κ1) is 15.9. The molecule has 0 fully saturated rings. The number of nitrogens with zero attached hydrogens (tertiary/aromatic N) is 5. The third-order valence-corrected chi connectivity index (χ3v) is 4.65. The molecule has 1 N–H and O–H groups in total. The van der Waals surface area contributed by atoms with E-state index in [1.807, 2.05) is 19.1 Å². The van der Waals surface area contributed by atoms with E-state index < -0.39 is 0 Å². The second-order valence-electron chi connectivity index (χ2n) is 5.52. The Balaban J connectivity index is 1.73. The lowest BCUT2D eigenvalue weighted by Crippen LogP contribution is -2.13. The quantitative estimate of drug-likeness (QED) is 0.605. The van der Waals surface area contributed by atoms with E-state index >= 15 is 0 Å². The number of nitriles is 1. The Morgan fingerprint density at radius 3 is 2.81 bits per heavy atom. The third kappa shape index (κ3) is 2.81. The van der Waals surface area contributed by atoms with Crippen LogP contribution in [-0.4, -0.2) is 25.5 Å². The van der Waals surface area contributed by atoms with E-state index in [9.17, 15) is 10.1 Å². The van der Waals surface area contributed by atoms with Crippen molar-refractivity contribution in [3.63, 3.8) is 0 Å². The van der Waals surface area contributed by atoms with Gasteiger partial charge < -0.3 is 5.32 Å². The fourth-order valence-electron chi connectivity index (χ4n) is 2.54. The number of carbonyl (C=O) groups is 1. The van der Waals surface area contributed by atoms with Gasteiger partial charge in [0.15, 0.2) is 16.5 Å². The molecule has 126 valence electrons. The molecule has 26 heavy (non-hydrogen) atoms. The number of amides is 1. The van der Waals surface area contributed by atoms with Gasteiger partial charge in [0.2, 0.25) is 0 Å². The first-order valence-corrected chi connectivity index (χ1v) is 8.55. The topological polar surface area (TPSA) is 96.0 Å². The Labute approximate surface area is 152 Å². The first-order valence-electron chi connectivity index (χ1n) is 7.74. The van der Waals surface area contributed by atoms with E-state index in [4.69, 9.17) is 0 Å². The summed E-state index contributed by atoms with van der Waals surface area (Å²) in [5.41, 5.74) is 2.46. The number of carbonyl (C=O) groups excluding carboxylic acids is 1. The van der Waals surface area contributed by atoms with Gasteiger partial charge in [0.05, 0.1) is 23.5 Å². The normalized spacial score (nSPS) is 10.6. The minimum Gasteiger partial charge on any atom is -0.303 e. The van der Waals surface area contributed by atoms with Gasteiger partial charge in [0, 0.05) is 16.6 Å². The Morgan fingerprint density at radius 2 is 2.04 bits per heavy atom. The van der Waals surface area contributed by atoms with Crippen molar-refractivity contribution in [2.75, 3.05) is 5.32 Å². The molecule has 0 aliphatic carbocycles. The van der Waals surface area contributed by atoms with E-state index in [1.165, 1.54) is 11.3 Å². The maximum absolute atomic E-state index is 12.3. The molecule has 8 heteroatoms. The summed E-state index contributed by atoms with van der Waals surface area (Å²) in [4.78, 5) is 21.6. The average molecular weight is 360 g/mol. The third-order valence-electron chi connectivity index (χ3n) is 3.74. The maximum Gasteiger partial charge on any atom is 0.285 e. The van der Waals surface area contributed by atoms with E-state index in [-0.39, 0.29) is 5.91 Å². The van der Waals surface area contributed by atoms with Crippen molar-refractivity contribution >= 4 is 28.7 Å². The van der Waals surface area contributed by atoms with Crippen LogP contribution in [0.5, 0.6) is 0 Å². The minimum atomic E-state index is -0.311. The van der Waals surface area contributed by atoms with Gasteiger partial charge in [-0.25, -0.2) is 9.97 Å². The van der Waals surface area contributed by atoms with Gasteiger partial charge in [-0.15, -0.1) is 11.3 Å². The Hall–Kier alpha value is -3.57. The molecule has 0 spiro atoms. The molecular formula is C18H12N6OS. The van der Waals surface area contributed by atoms with Crippen LogP contribution in [0.15, 0.2) is 48.8 Å². The molecule has 3 aromatic heterocycles. The summed E-state index contributed by atoms with van der Waals surface area (Å²) in [6, 6.07) is 13.0. The van der Waals surface area contributed by atoms with Crippen LogP contribution in [0.25, 0.3) is 16.9 Å². The van der Waals surface area contributed by atoms with Crippen molar-refractivity contribution in [1.29, 1.82) is 5.26 Å². The summed E-state index contributed by atoms with van der Waals surface area (Å²) >= 11 is 1.32. The molecule has 0 atom stereocenters. The van der Waals surface area contributed by atoms with Crippen molar-refractivity contribution < 1.29 is 4.79 Å². The van der Waals surface area contributed by atoms with E-state index in [1.54, 1.807) is 41.2 Å². The predicted molar refractivity (Wildman–Crippen MR) is 97.9 cm³/mol. The number of aryl methyl sites for hydroxylation is 1. The molecular weight excluding hydrogens is 348 g/mol. The molecule has 4 aromatic rings. The number of benzene rings is 1. The smallest absolute Gasteiger partial charge is 0.285 e. The van der Waals surface area contributed by atoms with Crippen LogP contribution < -0.4 is 5.32 Å². The second-order valence-corrected chi connectivity index (χ2v) is 6.75. The van der Waals surface area contributed by atoms with E-state index in [0.29, 0.717) is 27.7 Å². The zero-order valence-electron chi connectivity index (χ0n) is 13.7. The Bertz CT molecular complexity index is 1170. The zero-order chi connectivity index (χ0) is 18.1. The Kier molecular flexibility index (Phi) is 3.91.